The lowest BCUT2D eigenvalue weighted by atomic mass is 9.94. The minimum absolute atomic E-state index is 0.343. The van der Waals surface area contributed by atoms with Crippen molar-refractivity contribution in [2.45, 2.75) is 44.4 Å². The SMILES string of the molecule is Cc1ccc2[nH]c3c(c2c1)CN(CC(O)CC1(O)CCOC1)CC3. The van der Waals surface area contributed by atoms with Gasteiger partial charge >= 0.3 is 0 Å². The van der Waals surface area contributed by atoms with Crippen molar-refractivity contribution in [3.05, 3.63) is 35.0 Å². The number of aliphatic hydroxyl groups excluding tert-OH is 1. The predicted octanol–water partition coefficient (Wildman–Crippen LogP) is 1.74. The summed E-state index contributed by atoms with van der Waals surface area (Å²) in [6, 6.07) is 6.52. The average Bonchev–Trinajstić information content (AvgIpc) is 3.11. The molecule has 0 spiro atoms. The first kappa shape index (κ1) is 16.1. The van der Waals surface area contributed by atoms with Crippen molar-refractivity contribution in [3.8, 4) is 0 Å². The maximum absolute atomic E-state index is 10.4. The molecule has 2 aliphatic rings. The van der Waals surface area contributed by atoms with Gasteiger partial charge in [-0.05, 0) is 24.6 Å². The minimum Gasteiger partial charge on any atom is -0.392 e. The fourth-order valence-electron chi connectivity index (χ4n) is 4.10. The number of H-pyrrole nitrogens is 1. The number of nitrogens with zero attached hydrogens (tertiary/aromatic N) is 1. The molecule has 2 atom stereocenters. The second-order valence-electron chi connectivity index (χ2n) is 7.50. The Bertz CT molecular complexity index is 734. The fourth-order valence-corrected chi connectivity index (χ4v) is 4.10. The van der Waals surface area contributed by atoms with Crippen LogP contribution in [0.25, 0.3) is 10.9 Å². The predicted molar refractivity (Wildman–Crippen MR) is 93.0 cm³/mol. The summed E-state index contributed by atoms with van der Waals surface area (Å²) in [5.74, 6) is 0. The molecule has 0 aliphatic carbocycles. The van der Waals surface area contributed by atoms with Crippen molar-refractivity contribution in [1.29, 1.82) is 0 Å². The third-order valence-electron chi connectivity index (χ3n) is 5.38. The average molecular weight is 330 g/mol. The summed E-state index contributed by atoms with van der Waals surface area (Å²) in [5, 5.41) is 22.1. The van der Waals surface area contributed by atoms with Crippen LogP contribution < -0.4 is 0 Å². The first-order valence-electron chi connectivity index (χ1n) is 8.83. The van der Waals surface area contributed by atoms with E-state index in [9.17, 15) is 10.2 Å². The number of rotatable bonds is 4. The number of aromatic nitrogens is 1. The van der Waals surface area contributed by atoms with Crippen LogP contribution in [0.4, 0.5) is 0 Å². The van der Waals surface area contributed by atoms with Crippen LogP contribution in [0.5, 0.6) is 0 Å². The van der Waals surface area contributed by atoms with Gasteiger partial charge in [-0.25, -0.2) is 0 Å². The zero-order valence-electron chi connectivity index (χ0n) is 14.2. The van der Waals surface area contributed by atoms with Crippen molar-refractivity contribution in [3.63, 3.8) is 0 Å². The van der Waals surface area contributed by atoms with Crippen LogP contribution in [-0.4, -0.2) is 58.1 Å². The molecule has 130 valence electrons. The highest BCUT2D eigenvalue weighted by molar-refractivity contribution is 5.85. The van der Waals surface area contributed by atoms with Crippen molar-refractivity contribution in [1.82, 2.24) is 9.88 Å². The number of aliphatic hydroxyl groups is 2. The van der Waals surface area contributed by atoms with Gasteiger partial charge in [-0.2, -0.15) is 0 Å². The van der Waals surface area contributed by atoms with Gasteiger partial charge < -0.3 is 19.9 Å². The van der Waals surface area contributed by atoms with Gasteiger partial charge in [0.25, 0.3) is 0 Å². The van der Waals surface area contributed by atoms with E-state index in [0.29, 0.717) is 32.6 Å². The second-order valence-corrected chi connectivity index (χ2v) is 7.50. The van der Waals surface area contributed by atoms with E-state index < -0.39 is 11.7 Å². The number of nitrogens with one attached hydrogen (secondary N) is 1. The van der Waals surface area contributed by atoms with Crippen LogP contribution >= 0.6 is 0 Å². The van der Waals surface area contributed by atoms with E-state index in [2.05, 4.69) is 35.0 Å². The van der Waals surface area contributed by atoms with E-state index in [1.165, 1.54) is 27.7 Å². The number of hydrogen-bond donors (Lipinski definition) is 3. The number of ether oxygens (including phenoxy) is 1. The molecular weight excluding hydrogens is 304 g/mol. The molecular formula is C19H26N2O3. The lowest BCUT2D eigenvalue weighted by Gasteiger charge is -2.31. The summed E-state index contributed by atoms with van der Waals surface area (Å²) < 4.78 is 5.27. The Balaban J connectivity index is 1.45. The summed E-state index contributed by atoms with van der Waals surface area (Å²) in [6.07, 6.45) is 1.47. The summed E-state index contributed by atoms with van der Waals surface area (Å²) in [5.41, 5.74) is 4.30. The first-order valence-corrected chi connectivity index (χ1v) is 8.83. The Labute approximate surface area is 142 Å². The second kappa shape index (κ2) is 6.15. The van der Waals surface area contributed by atoms with Crippen LogP contribution in [0, 0.1) is 6.92 Å². The number of hydrogen-bond acceptors (Lipinski definition) is 4. The summed E-state index contributed by atoms with van der Waals surface area (Å²) >= 11 is 0. The quantitative estimate of drug-likeness (QED) is 0.799. The third-order valence-corrected chi connectivity index (χ3v) is 5.38. The molecule has 1 aromatic heterocycles. The molecule has 1 aromatic carbocycles. The van der Waals surface area contributed by atoms with Crippen LogP contribution in [0.2, 0.25) is 0 Å². The number of aryl methyl sites for hydroxylation is 1. The highest BCUT2D eigenvalue weighted by Crippen LogP contribution is 2.29. The van der Waals surface area contributed by atoms with Crippen molar-refractivity contribution in [2.75, 3.05) is 26.3 Å². The molecule has 3 heterocycles. The zero-order chi connectivity index (χ0) is 16.7. The Kier molecular flexibility index (Phi) is 4.12. The molecule has 3 N–H and O–H groups in total. The zero-order valence-corrected chi connectivity index (χ0v) is 14.2. The molecule has 1 fully saturated rings. The maximum atomic E-state index is 10.4. The van der Waals surface area contributed by atoms with Gasteiger partial charge in [-0.3, -0.25) is 4.90 Å². The van der Waals surface area contributed by atoms with E-state index in [1.54, 1.807) is 0 Å². The van der Waals surface area contributed by atoms with Crippen molar-refractivity contribution >= 4 is 10.9 Å². The van der Waals surface area contributed by atoms with Crippen LogP contribution in [-0.2, 0) is 17.7 Å². The Morgan fingerprint density at radius 3 is 3.08 bits per heavy atom. The number of β-amino-alcohol motifs (C(OH)–C–C–N with tert-alkyl or cyclic N) is 1. The monoisotopic (exact) mass is 330 g/mol. The molecule has 0 radical (unpaired) electrons. The third kappa shape index (κ3) is 3.09. The minimum atomic E-state index is -0.849. The van der Waals surface area contributed by atoms with Crippen LogP contribution in [0.15, 0.2) is 18.2 Å². The van der Waals surface area contributed by atoms with Crippen LogP contribution in [0.3, 0.4) is 0 Å². The van der Waals surface area contributed by atoms with Gasteiger partial charge in [-0.1, -0.05) is 11.6 Å². The van der Waals surface area contributed by atoms with Crippen molar-refractivity contribution < 1.29 is 14.9 Å². The molecule has 1 saturated heterocycles. The van der Waals surface area contributed by atoms with E-state index in [-0.39, 0.29) is 0 Å². The highest BCUT2D eigenvalue weighted by Gasteiger charge is 2.35. The molecule has 2 aliphatic heterocycles. The van der Waals surface area contributed by atoms with Crippen molar-refractivity contribution in [2.24, 2.45) is 0 Å². The van der Waals surface area contributed by atoms with E-state index in [4.69, 9.17) is 4.74 Å². The molecule has 5 heteroatoms. The lowest BCUT2D eigenvalue weighted by Crippen LogP contribution is -2.41. The maximum Gasteiger partial charge on any atom is 0.0927 e. The lowest BCUT2D eigenvalue weighted by molar-refractivity contribution is -0.0258. The van der Waals surface area contributed by atoms with E-state index >= 15 is 0 Å². The van der Waals surface area contributed by atoms with Gasteiger partial charge in [0, 0.05) is 62.1 Å². The number of benzene rings is 1. The van der Waals surface area contributed by atoms with E-state index in [1.807, 2.05) is 0 Å². The topological polar surface area (TPSA) is 68.7 Å². The number of fused-ring (bicyclic) bond motifs is 3. The van der Waals surface area contributed by atoms with Gasteiger partial charge in [0.05, 0.1) is 18.3 Å². The molecule has 5 nitrogen and oxygen atoms in total. The van der Waals surface area contributed by atoms with Gasteiger partial charge in [0.1, 0.15) is 0 Å². The molecule has 24 heavy (non-hydrogen) atoms. The fraction of sp³-hybridized carbons (Fsp3) is 0.579. The molecule has 4 rings (SSSR count). The van der Waals surface area contributed by atoms with Crippen LogP contribution in [0.1, 0.15) is 29.7 Å². The Hall–Kier alpha value is -1.40. The Morgan fingerprint density at radius 1 is 1.42 bits per heavy atom. The molecule has 0 bridgehead atoms. The van der Waals surface area contributed by atoms with Gasteiger partial charge in [-0.15, -0.1) is 0 Å². The first-order chi connectivity index (χ1) is 11.5. The smallest absolute Gasteiger partial charge is 0.0927 e. The largest absolute Gasteiger partial charge is 0.392 e. The number of aromatic amines is 1. The summed E-state index contributed by atoms with van der Waals surface area (Å²) in [4.78, 5) is 5.83. The highest BCUT2D eigenvalue weighted by atomic mass is 16.5. The standard InChI is InChI=1S/C19H26N2O3/c1-13-2-3-17-15(8-13)16-11-21(6-4-18(16)20-17)10-14(22)9-19(23)5-7-24-12-19/h2-3,8,14,20,22-23H,4-7,9-12H2,1H3. The molecule has 0 amide bonds. The molecule has 2 unspecified atom stereocenters. The normalized spacial score (nSPS) is 26.0. The molecule has 2 aromatic rings. The Morgan fingerprint density at radius 2 is 2.29 bits per heavy atom. The van der Waals surface area contributed by atoms with Gasteiger partial charge in [0.15, 0.2) is 0 Å². The van der Waals surface area contributed by atoms with Gasteiger partial charge in [0.2, 0.25) is 0 Å². The summed E-state index contributed by atoms with van der Waals surface area (Å²) in [7, 11) is 0. The molecule has 0 saturated carbocycles. The summed E-state index contributed by atoms with van der Waals surface area (Å²) in [6.45, 7) is 5.43. The van der Waals surface area contributed by atoms with E-state index in [0.717, 1.165) is 19.5 Å².